The lowest BCUT2D eigenvalue weighted by Crippen LogP contribution is -2.38. The van der Waals surface area contributed by atoms with Gasteiger partial charge < -0.3 is 20.2 Å². The summed E-state index contributed by atoms with van der Waals surface area (Å²) >= 11 is 0. The van der Waals surface area contributed by atoms with Crippen molar-refractivity contribution in [2.24, 2.45) is 5.73 Å². The van der Waals surface area contributed by atoms with Gasteiger partial charge >= 0.3 is 6.18 Å². The second-order valence-electron chi connectivity index (χ2n) is 8.51. The molecule has 0 spiro atoms. The molecule has 3 heterocycles. The maximum atomic E-state index is 13.2. The first-order valence-corrected chi connectivity index (χ1v) is 12.7. The summed E-state index contributed by atoms with van der Waals surface area (Å²) in [5.74, 6) is -0.448. The Morgan fingerprint density at radius 1 is 1.28 bits per heavy atom. The van der Waals surface area contributed by atoms with E-state index in [4.69, 9.17) is 14.9 Å². The Morgan fingerprint density at radius 2 is 2.00 bits per heavy atom. The third-order valence-electron chi connectivity index (χ3n) is 5.80. The molecule has 1 aromatic carbocycles. The molecule has 10 nitrogen and oxygen atoms in total. The molecular formula is C22H24F3N5O5S. The molecule has 0 saturated carbocycles. The van der Waals surface area contributed by atoms with Crippen LogP contribution in [-0.2, 0) is 16.2 Å². The van der Waals surface area contributed by atoms with Crippen molar-refractivity contribution in [1.29, 1.82) is 0 Å². The zero-order valence-electron chi connectivity index (χ0n) is 19.6. The Kier molecular flexibility index (Phi) is 6.70. The molecule has 1 aliphatic heterocycles. The number of alkyl halides is 3. The summed E-state index contributed by atoms with van der Waals surface area (Å²) in [6, 6.07) is 3.87. The van der Waals surface area contributed by atoms with Crippen LogP contribution in [-0.4, -0.2) is 61.1 Å². The lowest BCUT2D eigenvalue weighted by atomic mass is 10.1. The van der Waals surface area contributed by atoms with Gasteiger partial charge in [0, 0.05) is 30.1 Å². The Labute approximate surface area is 204 Å². The fraction of sp³-hybridized carbons (Fsp3) is 0.409. The number of methoxy groups -OCH3 is 1. The number of pyridine rings is 1. The van der Waals surface area contributed by atoms with Gasteiger partial charge in [-0.25, -0.2) is 22.7 Å². The molecule has 1 amide bonds. The number of rotatable bonds is 6. The molecule has 3 aromatic rings. The summed E-state index contributed by atoms with van der Waals surface area (Å²) < 4.78 is 75.5. The van der Waals surface area contributed by atoms with Gasteiger partial charge in [-0.15, -0.1) is 0 Å². The summed E-state index contributed by atoms with van der Waals surface area (Å²) in [4.78, 5) is 21.1. The van der Waals surface area contributed by atoms with Gasteiger partial charge in [0.25, 0.3) is 5.91 Å². The van der Waals surface area contributed by atoms with Crippen LogP contribution in [0.5, 0.6) is 5.75 Å². The standard InChI is InChI=1S/C22H24F3N5O5S/c1-11(26)19-18(20(31)27-12-8-9-30(10-12)36(3,32)33)29-21(35-19)14-4-6-15(34-2)17-13(14)5-7-16(28-17)22(23,24)25/h4-7,11-12H,8-10,26H2,1-3H3,(H,27,31)/t11-,12+/m0/s1. The van der Waals surface area contributed by atoms with Crippen molar-refractivity contribution in [3.63, 3.8) is 0 Å². The highest BCUT2D eigenvalue weighted by Crippen LogP contribution is 2.37. The number of nitrogens with zero attached hydrogens (tertiary/aromatic N) is 3. The van der Waals surface area contributed by atoms with Gasteiger partial charge in [-0.05, 0) is 37.6 Å². The molecule has 0 bridgehead atoms. The summed E-state index contributed by atoms with van der Waals surface area (Å²) in [6.45, 7) is 1.99. The second kappa shape index (κ2) is 9.33. The fourth-order valence-electron chi connectivity index (χ4n) is 4.02. The molecule has 194 valence electrons. The third-order valence-corrected chi connectivity index (χ3v) is 7.07. The maximum Gasteiger partial charge on any atom is 0.433 e. The lowest BCUT2D eigenvalue weighted by Gasteiger charge is -2.14. The average Bonchev–Trinajstić information content (AvgIpc) is 3.45. The quantitative estimate of drug-likeness (QED) is 0.499. The van der Waals surface area contributed by atoms with E-state index in [0.717, 1.165) is 12.3 Å². The summed E-state index contributed by atoms with van der Waals surface area (Å²) in [6.07, 6.45) is -3.13. The molecule has 1 fully saturated rings. The van der Waals surface area contributed by atoms with Crippen LogP contribution >= 0.6 is 0 Å². The number of sulfonamides is 1. The van der Waals surface area contributed by atoms with Gasteiger partial charge in [-0.3, -0.25) is 4.79 Å². The molecule has 36 heavy (non-hydrogen) atoms. The lowest BCUT2D eigenvalue weighted by molar-refractivity contribution is -0.140. The molecule has 3 N–H and O–H groups in total. The largest absolute Gasteiger partial charge is 0.494 e. The zero-order chi connectivity index (χ0) is 26.4. The number of ether oxygens (including phenoxy) is 1. The number of hydrogen-bond donors (Lipinski definition) is 2. The molecule has 0 radical (unpaired) electrons. The van der Waals surface area contributed by atoms with Gasteiger partial charge in [-0.1, -0.05) is 0 Å². The molecule has 14 heteroatoms. The van der Waals surface area contributed by atoms with E-state index in [1.807, 2.05) is 0 Å². The summed E-state index contributed by atoms with van der Waals surface area (Å²) in [7, 11) is -2.08. The van der Waals surface area contributed by atoms with E-state index in [1.165, 1.54) is 29.6 Å². The number of halogens is 3. The monoisotopic (exact) mass is 527 g/mol. The number of nitrogens with two attached hydrogens (primary N) is 1. The highest BCUT2D eigenvalue weighted by atomic mass is 32.2. The molecule has 1 saturated heterocycles. The smallest absolute Gasteiger partial charge is 0.433 e. The first-order valence-electron chi connectivity index (χ1n) is 10.9. The Hall–Kier alpha value is -3.23. The van der Waals surface area contributed by atoms with Gasteiger partial charge in [0.2, 0.25) is 15.9 Å². The SMILES string of the molecule is COc1ccc(-c2nc(C(=O)N[C@@H]3CCN(S(C)(=O)=O)C3)c([C@H](C)N)o2)c2ccc(C(F)(F)F)nc12. The molecule has 1 aliphatic rings. The van der Waals surface area contributed by atoms with Crippen molar-refractivity contribution in [1.82, 2.24) is 19.6 Å². The fourth-order valence-corrected chi connectivity index (χ4v) is 4.91. The van der Waals surface area contributed by atoms with E-state index in [9.17, 15) is 26.4 Å². The minimum atomic E-state index is -4.65. The normalized spacial score (nSPS) is 17.9. The minimum Gasteiger partial charge on any atom is -0.494 e. The number of carbonyl (C=O) groups is 1. The van der Waals surface area contributed by atoms with Gasteiger partial charge in [-0.2, -0.15) is 13.2 Å². The molecule has 2 atom stereocenters. The second-order valence-corrected chi connectivity index (χ2v) is 10.5. The number of nitrogens with one attached hydrogen (secondary N) is 1. The molecule has 2 aromatic heterocycles. The zero-order valence-corrected chi connectivity index (χ0v) is 20.4. The van der Waals surface area contributed by atoms with Gasteiger partial charge in [0.15, 0.2) is 11.5 Å². The van der Waals surface area contributed by atoms with Crippen LogP contribution in [0.15, 0.2) is 28.7 Å². The number of carbonyl (C=O) groups excluding carboxylic acids is 1. The molecule has 0 aliphatic carbocycles. The van der Waals surface area contributed by atoms with E-state index in [1.54, 1.807) is 6.92 Å². The Bertz CT molecular complexity index is 1420. The highest BCUT2D eigenvalue weighted by Gasteiger charge is 2.34. The van der Waals surface area contributed by atoms with Crippen molar-refractivity contribution in [2.45, 2.75) is 31.6 Å². The summed E-state index contributed by atoms with van der Waals surface area (Å²) in [5, 5.41) is 3.03. The molecular weight excluding hydrogens is 503 g/mol. The summed E-state index contributed by atoms with van der Waals surface area (Å²) in [5.41, 5.74) is 5.05. The predicted octanol–water partition coefficient (Wildman–Crippen LogP) is 2.70. The van der Waals surface area contributed by atoms with Gasteiger partial charge in [0.05, 0.1) is 19.4 Å². The maximum absolute atomic E-state index is 13.2. The molecule has 4 rings (SSSR count). The number of aromatic nitrogens is 2. The van der Waals surface area contributed by atoms with Crippen molar-refractivity contribution >= 4 is 26.8 Å². The van der Waals surface area contributed by atoms with E-state index in [2.05, 4.69) is 15.3 Å². The predicted molar refractivity (Wildman–Crippen MR) is 124 cm³/mol. The van der Waals surface area contributed by atoms with Crippen LogP contribution in [0.25, 0.3) is 22.4 Å². The van der Waals surface area contributed by atoms with Crippen LogP contribution in [0.3, 0.4) is 0 Å². The minimum absolute atomic E-state index is 0.0363. The van der Waals surface area contributed by atoms with Crippen LogP contribution < -0.4 is 15.8 Å². The van der Waals surface area contributed by atoms with E-state index < -0.39 is 39.9 Å². The number of oxazole rings is 1. The van der Waals surface area contributed by atoms with Crippen molar-refractivity contribution in [2.75, 3.05) is 26.5 Å². The van der Waals surface area contributed by atoms with Crippen molar-refractivity contribution in [3.05, 3.63) is 41.4 Å². The van der Waals surface area contributed by atoms with Crippen molar-refractivity contribution in [3.8, 4) is 17.2 Å². The Morgan fingerprint density at radius 3 is 2.58 bits per heavy atom. The van der Waals surface area contributed by atoms with Crippen LogP contribution in [0.1, 0.15) is 41.3 Å². The Balaban J connectivity index is 1.72. The van der Waals surface area contributed by atoms with E-state index in [-0.39, 0.29) is 52.7 Å². The third kappa shape index (κ3) is 5.01. The van der Waals surface area contributed by atoms with E-state index >= 15 is 0 Å². The average molecular weight is 528 g/mol. The first-order chi connectivity index (χ1) is 16.8. The number of hydrogen-bond acceptors (Lipinski definition) is 8. The van der Waals surface area contributed by atoms with Crippen LogP contribution in [0.2, 0.25) is 0 Å². The number of amides is 1. The van der Waals surface area contributed by atoms with Crippen molar-refractivity contribution < 1.29 is 35.5 Å². The first kappa shape index (κ1) is 25.9. The van der Waals surface area contributed by atoms with Gasteiger partial charge in [0.1, 0.15) is 17.0 Å². The molecule has 0 unspecified atom stereocenters. The number of benzene rings is 1. The highest BCUT2D eigenvalue weighted by molar-refractivity contribution is 7.88. The topological polar surface area (TPSA) is 141 Å². The van der Waals surface area contributed by atoms with E-state index in [0.29, 0.717) is 6.42 Å². The number of fused-ring (bicyclic) bond motifs is 1. The van der Waals surface area contributed by atoms with Crippen LogP contribution in [0, 0.1) is 0 Å². The van der Waals surface area contributed by atoms with Crippen LogP contribution in [0.4, 0.5) is 13.2 Å².